The zero-order valence-electron chi connectivity index (χ0n) is 16.0. The molecule has 0 amide bonds. The van der Waals surface area contributed by atoms with E-state index in [1.54, 1.807) is 22.9 Å². The number of halogens is 4. The van der Waals surface area contributed by atoms with Gasteiger partial charge in [0.2, 0.25) is 0 Å². The van der Waals surface area contributed by atoms with E-state index in [4.69, 9.17) is 16.3 Å². The van der Waals surface area contributed by atoms with E-state index < -0.39 is 20.3 Å². The van der Waals surface area contributed by atoms with Crippen LogP contribution in [0.25, 0.3) is 22.2 Å². The fourth-order valence-corrected chi connectivity index (χ4v) is 3.81. The van der Waals surface area contributed by atoms with E-state index >= 15 is 0 Å². The average Bonchev–Trinajstić information content (AvgIpc) is 2.95. The van der Waals surface area contributed by atoms with Crippen LogP contribution in [0.1, 0.15) is 12.0 Å². The van der Waals surface area contributed by atoms with Gasteiger partial charge in [0, 0.05) is 37.4 Å². The minimum absolute atomic E-state index is 0.0962. The third-order valence-corrected chi connectivity index (χ3v) is 6.40. The van der Waals surface area contributed by atoms with E-state index in [0.29, 0.717) is 23.0 Å². The highest BCUT2D eigenvalue weighted by Gasteiger charge is 2.18. The first-order valence-electron chi connectivity index (χ1n) is 8.96. The molecule has 0 N–H and O–H groups in total. The molecule has 2 aromatic heterocycles. The van der Waals surface area contributed by atoms with Gasteiger partial charge in [-0.1, -0.05) is 37.3 Å². The van der Waals surface area contributed by atoms with Crippen LogP contribution in [0.3, 0.4) is 0 Å². The maximum Gasteiger partial charge on any atom is 0.263 e. The topological polar surface area (TPSA) is 27.1 Å². The molecule has 2 heterocycles. The number of fused-ring (bicyclic) bond motifs is 1. The lowest BCUT2D eigenvalue weighted by Gasteiger charge is -2.17. The van der Waals surface area contributed by atoms with Crippen molar-refractivity contribution in [3.63, 3.8) is 0 Å². The minimum atomic E-state index is -2.68. The molecular formula is C20H22ClF3N2OSi. The highest BCUT2D eigenvalue weighted by Crippen LogP contribution is 2.33. The maximum absolute atomic E-state index is 14.5. The van der Waals surface area contributed by atoms with E-state index in [-0.39, 0.29) is 17.9 Å². The molecule has 0 radical (unpaired) electrons. The maximum atomic E-state index is 14.5. The summed E-state index contributed by atoms with van der Waals surface area (Å²) in [6.45, 7) is 7.51. The summed E-state index contributed by atoms with van der Waals surface area (Å²) in [6.07, 6.45) is -1.10. The van der Waals surface area contributed by atoms with Crippen molar-refractivity contribution in [2.24, 2.45) is 0 Å². The Labute approximate surface area is 168 Å². The van der Waals surface area contributed by atoms with Crippen molar-refractivity contribution in [1.82, 2.24) is 9.55 Å². The lowest BCUT2D eigenvalue weighted by atomic mass is 10.1. The van der Waals surface area contributed by atoms with E-state index in [2.05, 4.69) is 24.6 Å². The lowest BCUT2D eigenvalue weighted by Crippen LogP contribution is -2.22. The molecule has 3 rings (SSSR count). The minimum Gasteiger partial charge on any atom is -0.361 e. The predicted molar refractivity (Wildman–Crippen MR) is 109 cm³/mol. The molecule has 0 aliphatic rings. The number of hydrogen-bond acceptors (Lipinski definition) is 2. The van der Waals surface area contributed by atoms with Gasteiger partial charge in [0.1, 0.15) is 17.7 Å². The first kappa shape index (κ1) is 20.9. The Morgan fingerprint density at radius 3 is 2.61 bits per heavy atom. The van der Waals surface area contributed by atoms with Gasteiger partial charge < -0.3 is 9.30 Å². The van der Waals surface area contributed by atoms with E-state index in [1.807, 2.05) is 0 Å². The Kier molecular flexibility index (Phi) is 6.17. The average molecular weight is 427 g/mol. The van der Waals surface area contributed by atoms with Crippen LogP contribution in [0.15, 0.2) is 36.5 Å². The summed E-state index contributed by atoms with van der Waals surface area (Å²) >= 11 is 6.03. The van der Waals surface area contributed by atoms with Crippen LogP contribution in [0.4, 0.5) is 13.2 Å². The number of nitrogens with zero attached hydrogens (tertiary/aromatic N) is 2. The van der Waals surface area contributed by atoms with Crippen LogP contribution in [0, 0.1) is 5.82 Å². The summed E-state index contributed by atoms with van der Waals surface area (Å²) in [5.74, 6) is -0.574. The molecule has 0 atom stereocenters. The third-order valence-electron chi connectivity index (χ3n) is 4.49. The van der Waals surface area contributed by atoms with Crippen molar-refractivity contribution >= 4 is 30.6 Å². The number of aromatic nitrogens is 2. The van der Waals surface area contributed by atoms with Crippen LogP contribution in [0.2, 0.25) is 30.8 Å². The van der Waals surface area contributed by atoms with Gasteiger partial charge in [0.25, 0.3) is 6.43 Å². The van der Waals surface area contributed by atoms with Crippen molar-refractivity contribution in [2.75, 3.05) is 6.61 Å². The molecule has 3 aromatic rings. The fourth-order valence-electron chi connectivity index (χ4n) is 2.90. The highest BCUT2D eigenvalue weighted by molar-refractivity contribution is 6.76. The summed E-state index contributed by atoms with van der Waals surface area (Å²) < 4.78 is 48.4. The van der Waals surface area contributed by atoms with Crippen molar-refractivity contribution in [3.8, 4) is 11.3 Å². The van der Waals surface area contributed by atoms with Gasteiger partial charge in [-0.15, -0.1) is 0 Å². The normalized spacial score (nSPS) is 12.3. The summed E-state index contributed by atoms with van der Waals surface area (Å²) in [4.78, 5) is 4.06. The Morgan fingerprint density at radius 2 is 1.93 bits per heavy atom. The van der Waals surface area contributed by atoms with Gasteiger partial charge in [-0.2, -0.15) is 0 Å². The van der Waals surface area contributed by atoms with Gasteiger partial charge in [-0.3, -0.25) is 0 Å². The van der Waals surface area contributed by atoms with Gasteiger partial charge >= 0.3 is 0 Å². The molecule has 0 saturated heterocycles. The molecular weight excluding hydrogens is 405 g/mol. The second kappa shape index (κ2) is 8.27. The smallest absolute Gasteiger partial charge is 0.263 e. The first-order chi connectivity index (χ1) is 13.2. The third kappa shape index (κ3) is 4.77. The Hall–Kier alpha value is -1.83. The molecule has 0 saturated carbocycles. The summed E-state index contributed by atoms with van der Waals surface area (Å²) in [6, 6.07) is 7.71. The second-order valence-electron chi connectivity index (χ2n) is 7.91. The van der Waals surface area contributed by atoms with E-state index in [9.17, 15) is 13.2 Å². The zero-order chi connectivity index (χ0) is 20.5. The predicted octanol–water partition coefficient (Wildman–Crippen LogP) is 6.75. The van der Waals surface area contributed by atoms with Crippen molar-refractivity contribution in [3.05, 3.63) is 53.1 Å². The highest BCUT2D eigenvalue weighted by atomic mass is 35.5. The molecule has 1 aromatic carbocycles. The molecule has 8 heteroatoms. The van der Waals surface area contributed by atoms with Crippen LogP contribution < -0.4 is 0 Å². The van der Waals surface area contributed by atoms with E-state index in [0.717, 1.165) is 23.6 Å². The van der Waals surface area contributed by atoms with Crippen molar-refractivity contribution in [2.45, 2.75) is 38.8 Å². The summed E-state index contributed by atoms with van der Waals surface area (Å²) in [5.41, 5.74) is 1.03. The molecule has 0 fully saturated rings. The van der Waals surface area contributed by atoms with Gasteiger partial charge in [0.15, 0.2) is 0 Å². The molecule has 0 spiro atoms. The lowest BCUT2D eigenvalue weighted by molar-refractivity contribution is 0.0912. The van der Waals surface area contributed by atoms with Crippen LogP contribution in [-0.4, -0.2) is 24.2 Å². The Bertz CT molecular complexity index is 985. The SMILES string of the molecule is C[Si](C)(C)CCOCn1c(-c2cc(C(F)F)ccc2F)cc2cnc(Cl)cc21. The molecule has 0 aliphatic heterocycles. The molecule has 28 heavy (non-hydrogen) atoms. The summed E-state index contributed by atoms with van der Waals surface area (Å²) in [5, 5.41) is 1.03. The van der Waals surface area contributed by atoms with Gasteiger partial charge in [0.05, 0.1) is 11.2 Å². The van der Waals surface area contributed by atoms with Crippen molar-refractivity contribution in [1.29, 1.82) is 0 Å². The van der Waals surface area contributed by atoms with Crippen molar-refractivity contribution < 1.29 is 17.9 Å². The molecule has 3 nitrogen and oxygen atoms in total. The van der Waals surface area contributed by atoms with Crippen LogP contribution in [-0.2, 0) is 11.5 Å². The molecule has 0 aliphatic carbocycles. The summed E-state index contributed by atoms with van der Waals surface area (Å²) in [7, 11) is -1.26. The monoisotopic (exact) mass is 426 g/mol. The quantitative estimate of drug-likeness (QED) is 0.237. The number of benzene rings is 1. The standard InChI is InChI=1S/C20H22ClF3N2OSi/c1-28(2,3)7-6-27-12-26-17-10-19(21)25-11-14(17)9-18(26)15-8-13(20(23)24)4-5-16(15)22/h4-5,8-11,20H,6-7,12H2,1-3H3. The van der Waals surface area contributed by atoms with Crippen LogP contribution >= 0.6 is 11.6 Å². The molecule has 150 valence electrons. The number of hydrogen-bond donors (Lipinski definition) is 0. The van der Waals surface area contributed by atoms with Crippen LogP contribution in [0.5, 0.6) is 0 Å². The van der Waals surface area contributed by atoms with E-state index in [1.165, 1.54) is 6.07 Å². The molecule has 0 bridgehead atoms. The first-order valence-corrected chi connectivity index (χ1v) is 13.0. The fraction of sp³-hybridized carbons (Fsp3) is 0.350. The number of alkyl halides is 2. The number of ether oxygens (including phenoxy) is 1. The zero-order valence-corrected chi connectivity index (χ0v) is 17.7. The molecule has 0 unspecified atom stereocenters. The number of rotatable bonds is 7. The Balaban J connectivity index is 2.03. The second-order valence-corrected chi connectivity index (χ2v) is 13.9. The van der Waals surface area contributed by atoms with Gasteiger partial charge in [-0.05, 0) is 30.3 Å². The Morgan fingerprint density at radius 1 is 1.18 bits per heavy atom. The van der Waals surface area contributed by atoms with Gasteiger partial charge in [-0.25, -0.2) is 18.2 Å². The number of pyridine rings is 1. The largest absolute Gasteiger partial charge is 0.361 e.